The number of halogens is 2. The topological polar surface area (TPSA) is 56.0 Å². The Morgan fingerprint density at radius 1 is 1.38 bits per heavy atom. The summed E-state index contributed by atoms with van der Waals surface area (Å²) >= 11 is 11.2. The molecule has 0 aliphatic heterocycles. The van der Waals surface area contributed by atoms with Gasteiger partial charge in [0.2, 0.25) is 11.7 Å². The fourth-order valence-electron chi connectivity index (χ4n) is 1.13. The van der Waals surface area contributed by atoms with E-state index in [-0.39, 0.29) is 17.7 Å². The van der Waals surface area contributed by atoms with Crippen LogP contribution in [0.1, 0.15) is 10.7 Å². The van der Waals surface area contributed by atoms with Crippen LogP contribution in [-0.2, 0) is 0 Å². The predicted octanol–water partition coefficient (Wildman–Crippen LogP) is 2.81. The highest BCUT2D eigenvalue weighted by Crippen LogP contribution is 2.21. The van der Waals surface area contributed by atoms with Crippen molar-refractivity contribution in [3.8, 4) is 11.5 Å². The molecule has 16 heavy (non-hydrogen) atoms. The molecule has 2 rings (SSSR count). The van der Waals surface area contributed by atoms with Crippen molar-refractivity contribution in [2.75, 3.05) is 5.88 Å². The average Bonchev–Trinajstić information content (AvgIpc) is 2.77. The number of aromatic nitrogens is 2. The van der Waals surface area contributed by atoms with Gasteiger partial charge in [-0.05, 0) is 18.2 Å². The summed E-state index contributed by atoms with van der Waals surface area (Å²) in [5.41, 5.74) is 0.661. The van der Waals surface area contributed by atoms with Gasteiger partial charge in [0.25, 0.3) is 5.89 Å². The highest BCUT2D eigenvalue weighted by molar-refractivity contribution is 6.31. The summed E-state index contributed by atoms with van der Waals surface area (Å²) in [6, 6.07) is 6.91. The van der Waals surface area contributed by atoms with Crippen molar-refractivity contribution < 1.29 is 9.21 Å². The Kier molecular flexibility index (Phi) is 3.22. The molecule has 6 heteroatoms. The molecule has 0 N–H and O–H groups in total. The van der Waals surface area contributed by atoms with Crippen molar-refractivity contribution >= 4 is 29.0 Å². The van der Waals surface area contributed by atoms with E-state index < -0.39 is 5.78 Å². The summed E-state index contributed by atoms with van der Waals surface area (Å²) in [4.78, 5) is 11.2. The van der Waals surface area contributed by atoms with Crippen LogP contribution < -0.4 is 0 Å². The van der Waals surface area contributed by atoms with Gasteiger partial charge in [0.1, 0.15) is 0 Å². The summed E-state index contributed by atoms with van der Waals surface area (Å²) in [5.74, 6) is -0.430. The molecule has 4 nitrogen and oxygen atoms in total. The van der Waals surface area contributed by atoms with Crippen molar-refractivity contribution in [1.82, 2.24) is 10.2 Å². The van der Waals surface area contributed by atoms with Crippen molar-refractivity contribution in [3.63, 3.8) is 0 Å². The van der Waals surface area contributed by atoms with Crippen molar-refractivity contribution in [2.24, 2.45) is 0 Å². The van der Waals surface area contributed by atoms with E-state index in [4.69, 9.17) is 27.6 Å². The number of hydrogen-bond acceptors (Lipinski definition) is 4. The second-order valence-electron chi connectivity index (χ2n) is 2.98. The number of carbonyl (C=O) groups excluding carboxylic acids is 1. The first kappa shape index (κ1) is 11.1. The summed E-state index contributed by atoms with van der Waals surface area (Å²) in [7, 11) is 0. The maximum atomic E-state index is 11.2. The van der Waals surface area contributed by atoms with Crippen LogP contribution in [0.3, 0.4) is 0 Å². The van der Waals surface area contributed by atoms with E-state index in [1.54, 1.807) is 24.3 Å². The Labute approximate surface area is 101 Å². The molecular weight excluding hydrogens is 251 g/mol. The van der Waals surface area contributed by atoms with Gasteiger partial charge in [-0.3, -0.25) is 4.79 Å². The molecule has 0 saturated carbocycles. The van der Waals surface area contributed by atoms with Crippen molar-refractivity contribution in [1.29, 1.82) is 0 Å². The van der Waals surface area contributed by atoms with Gasteiger partial charge in [-0.25, -0.2) is 0 Å². The number of rotatable bonds is 3. The molecule has 1 aromatic carbocycles. The number of ketones is 1. The molecule has 0 unspecified atom stereocenters. The van der Waals surface area contributed by atoms with Gasteiger partial charge in [0.05, 0.1) is 5.88 Å². The molecule has 0 fully saturated rings. The van der Waals surface area contributed by atoms with Crippen molar-refractivity contribution in [3.05, 3.63) is 35.2 Å². The van der Waals surface area contributed by atoms with Crippen LogP contribution >= 0.6 is 23.2 Å². The van der Waals surface area contributed by atoms with Gasteiger partial charge in [0, 0.05) is 10.6 Å². The third-order valence-corrected chi connectivity index (χ3v) is 2.33. The van der Waals surface area contributed by atoms with Crippen LogP contribution in [-0.4, -0.2) is 21.9 Å². The minimum absolute atomic E-state index is 0.0926. The zero-order chi connectivity index (χ0) is 11.5. The van der Waals surface area contributed by atoms with E-state index in [1.165, 1.54) is 0 Å². The highest BCUT2D eigenvalue weighted by Gasteiger charge is 2.14. The Morgan fingerprint density at radius 3 is 2.88 bits per heavy atom. The third kappa shape index (κ3) is 2.23. The smallest absolute Gasteiger partial charge is 0.285 e. The number of alkyl halides is 1. The molecule has 1 aromatic heterocycles. The molecule has 1 heterocycles. The number of nitrogens with zero attached hydrogens (tertiary/aromatic N) is 2. The zero-order valence-corrected chi connectivity index (χ0v) is 9.50. The maximum Gasteiger partial charge on any atom is 0.285 e. The van der Waals surface area contributed by atoms with E-state index >= 15 is 0 Å². The molecular formula is C10H6Cl2N2O2. The van der Waals surface area contributed by atoms with Crippen LogP contribution in [0, 0.1) is 0 Å². The lowest BCUT2D eigenvalue weighted by molar-refractivity contribution is 0.0985. The van der Waals surface area contributed by atoms with Gasteiger partial charge >= 0.3 is 0 Å². The quantitative estimate of drug-likeness (QED) is 0.626. The molecule has 82 valence electrons. The molecule has 0 atom stereocenters. The second kappa shape index (κ2) is 4.63. The van der Waals surface area contributed by atoms with Crippen LogP contribution in [0.5, 0.6) is 0 Å². The largest absolute Gasteiger partial charge is 0.414 e. The molecule has 0 aliphatic carbocycles. The van der Waals surface area contributed by atoms with Crippen LogP contribution in [0.25, 0.3) is 11.5 Å². The number of hydrogen-bond donors (Lipinski definition) is 0. The molecule has 0 aliphatic rings. The van der Waals surface area contributed by atoms with E-state index in [1.807, 2.05) is 0 Å². The first-order chi connectivity index (χ1) is 7.70. The van der Waals surface area contributed by atoms with Crippen LogP contribution in [0.4, 0.5) is 0 Å². The van der Waals surface area contributed by atoms with Gasteiger partial charge in [-0.1, -0.05) is 17.7 Å². The fourth-order valence-corrected chi connectivity index (χ4v) is 1.44. The fraction of sp³-hybridized carbons (Fsp3) is 0.100. The standard InChI is InChI=1S/C10H6Cl2N2O2/c11-5-8(15)10-14-13-9(16-10)6-2-1-3-7(12)4-6/h1-4H,5H2. The van der Waals surface area contributed by atoms with Crippen LogP contribution in [0.2, 0.25) is 5.02 Å². The summed E-state index contributed by atoms with van der Waals surface area (Å²) < 4.78 is 5.16. The van der Waals surface area contributed by atoms with Gasteiger partial charge < -0.3 is 4.42 Å². The number of benzene rings is 1. The zero-order valence-electron chi connectivity index (χ0n) is 7.98. The predicted molar refractivity (Wildman–Crippen MR) is 59.8 cm³/mol. The maximum absolute atomic E-state index is 11.2. The van der Waals surface area contributed by atoms with E-state index in [2.05, 4.69) is 10.2 Å². The first-order valence-electron chi connectivity index (χ1n) is 4.39. The number of Topliss-reactive ketones (excluding diaryl/α,β-unsaturated/α-hetero) is 1. The highest BCUT2D eigenvalue weighted by atomic mass is 35.5. The SMILES string of the molecule is O=C(CCl)c1nnc(-c2cccc(Cl)c2)o1. The molecule has 2 aromatic rings. The van der Waals surface area contributed by atoms with E-state index in [0.29, 0.717) is 10.6 Å². The lowest BCUT2D eigenvalue weighted by Crippen LogP contribution is -1.99. The minimum Gasteiger partial charge on any atom is -0.414 e. The molecule has 0 bridgehead atoms. The van der Waals surface area contributed by atoms with E-state index in [0.717, 1.165) is 0 Å². The van der Waals surface area contributed by atoms with E-state index in [9.17, 15) is 4.79 Å². The Morgan fingerprint density at radius 2 is 2.19 bits per heavy atom. The molecule has 0 saturated heterocycles. The Balaban J connectivity index is 2.35. The normalized spacial score (nSPS) is 10.4. The minimum atomic E-state index is -0.401. The van der Waals surface area contributed by atoms with Gasteiger partial charge in [-0.2, -0.15) is 0 Å². The second-order valence-corrected chi connectivity index (χ2v) is 3.68. The summed E-state index contributed by atoms with van der Waals surface area (Å²) in [6.45, 7) is 0. The molecule has 0 spiro atoms. The monoisotopic (exact) mass is 256 g/mol. The van der Waals surface area contributed by atoms with Gasteiger partial charge in [0.15, 0.2) is 0 Å². The number of carbonyl (C=O) groups is 1. The molecule has 0 amide bonds. The lowest BCUT2D eigenvalue weighted by atomic mass is 10.2. The lowest BCUT2D eigenvalue weighted by Gasteiger charge is -1.94. The first-order valence-corrected chi connectivity index (χ1v) is 5.30. The Hall–Kier alpha value is -1.39. The average molecular weight is 257 g/mol. The molecule has 0 radical (unpaired) electrons. The Bertz CT molecular complexity index is 525. The third-order valence-electron chi connectivity index (χ3n) is 1.86. The van der Waals surface area contributed by atoms with Crippen LogP contribution in [0.15, 0.2) is 28.7 Å². The van der Waals surface area contributed by atoms with Crippen molar-refractivity contribution in [2.45, 2.75) is 0 Å². The summed E-state index contributed by atoms with van der Waals surface area (Å²) in [5, 5.41) is 7.90. The van der Waals surface area contributed by atoms with Gasteiger partial charge in [-0.15, -0.1) is 21.8 Å². The summed E-state index contributed by atoms with van der Waals surface area (Å²) in [6.07, 6.45) is 0.